The van der Waals surface area contributed by atoms with E-state index in [0.717, 1.165) is 5.92 Å². The summed E-state index contributed by atoms with van der Waals surface area (Å²) in [6.07, 6.45) is 9.67. The van der Waals surface area contributed by atoms with Crippen LogP contribution in [0.15, 0.2) is 35.5 Å². The minimum absolute atomic E-state index is 0.616. The molecule has 0 bridgehead atoms. The van der Waals surface area contributed by atoms with Gasteiger partial charge < -0.3 is 5.32 Å². The van der Waals surface area contributed by atoms with Crippen molar-refractivity contribution in [2.45, 2.75) is 39.5 Å². The van der Waals surface area contributed by atoms with Crippen molar-refractivity contribution in [3.8, 4) is 0 Å². The van der Waals surface area contributed by atoms with E-state index in [-0.39, 0.29) is 0 Å². The summed E-state index contributed by atoms with van der Waals surface area (Å²) in [7, 11) is 0. The second kappa shape index (κ2) is 5.68. The molecule has 0 radical (unpaired) electrons. The second-order valence-electron chi connectivity index (χ2n) is 5.64. The predicted molar refractivity (Wildman–Crippen MR) is 75.0 cm³/mol. The maximum atomic E-state index is 4.23. The van der Waals surface area contributed by atoms with Crippen molar-refractivity contribution in [3.05, 3.63) is 35.5 Å². The molecule has 1 heterocycles. The molecule has 0 amide bonds. The minimum atomic E-state index is 0.616. The molecule has 0 spiro atoms. The summed E-state index contributed by atoms with van der Waals surface area (Å²) in [6.45, 7) is 11.1. The molecule has 0 aromatic rings. The summed E-state index contributed by atoms with van der Waals surface area (Å²) in [4.78, 5) is 0. The lowest BCUT2D eigenvalue weighted by molar-refractivity contribution is 0.457. The monoisotopic (exact) mass is 231 g/mol. The largest absolute Gasteiger partial charge is 0.316 e. The van der Waals surface area contributed by atoms with E-state index in [1.54, 1.807) is 5.57 Å². The van der Waals surface area contributed by atoms with E-state index in [1.807, 2.05) is 0 Å². The van der Waals surface area contributed by atoms with E-state index in [9.17, 15) is 0 Å². The molecule has 2 unspecified atom stereocenters. The summed E-state index contributed by atoms with van der Waals surface area (Å²) < 4.78 is 0. The van der Waals surface area contributed by atoms with Crippen LogP contribution in [0.5, 0.6) is 0 Å². The van der Waals surface area contributed by atoms with E-state index < -0.39 is 0 Å². The third-order valence-corrected chi connectivity index (χ3v) is 4.20. The molecule has 1 heteroatoms. The molecule has 1 saturated heterocycles. The molecule has 1 aliphatic carbocycles. The Morgan fingerprint density at radius 2 is 2.41 bits per heavy atom. The molecule has 2 rings (SSSR count). The molecule has 1 fully saturated rings. The zero-order chi connectivity index (χ0) is 12.3. The summed E-state index contributed by atoms with van der Waals surface area (Å²) in [5, 5.41) is 3.47. The Hall–Kier alpha value is -0.820. The van der Waals surface area contributed by atoms with Crippen molar-refractivity contribution in [2.24, 2.45) is 11.8 Å². The van der Waals surface area contributed by atoms with Crippen molar-refractivity contribution in [1.29, 1.82) is 0 Å². The molecule has 2 atom stereocenters. The van der Waals surface area contributed by atoms with Crippen LogP contribution < -0.4 is 5.32 Å². The Labute approximate surface area is 106 Å². The van der Waals surface area contributed by atoms with Gasteiger partial charge in [-0.2, -0.15) is 0 Å². The van der Waals surface area contributed by atoms with E-state index in [0.29, 0.717) is 5.92 Å². The van der Waals surface area contributed by atoms with Gasteiger partial charge in [0, 0.05) is 5.92 Å². The van der Waals surface area contributed by atoms with Crippen LogP contribution in [0.3, 0.4) is 0 Å². The van der Waals surface area contributed by atoms with Crippen LogP contribution in [0.25, 0.3) is 0 Å². The Morgan fingerprint density at radius 3 is 3.00 bits per heavy atom. The molecule has 1 nitrogen and oxygen atoms in total. The van der Waals surface area contributed by atoms with Gasteiger partial charge in [-0.25, -0.2) is 0 Å². The first kappa shape index (κ1) is 12.6. The maximum absolute atomic E-state index is 4.23. The predicted octanol–water partition coefficient (Wildman–Crippen LogP) is 3.84. The van der Waals surface area contributed by atoms with E-state index in [2.05, 4.69) is 37.9 Å². The zero-order valence-electron chi connectivity index (χ0n) is 11.3. The topological polar surface area (TPSA) is 12.0 Å². The van der Waals surface area contributed by atoms with Gasteiger partial charge in [0.1, 0.15) is 0 Å². The summed E-state index contributed by atoms with van der Waals surface area (Å²) >= 11 is 0. The highest BCUT2D eigenvalue weighted by molar-refractivity contribution is 5.33. The average Bonchev–Trinajstić information content (AvgIpc) is 2.79. The lowest BCUT2D eigenvalue weighted by Gasteiger charge is -2.26. The first-order chi connectivity index (χ1) is 8.18. The number of hydrogen-bond donors (Lipinski definition) is 1. The van der Waals surface area contributed by atoms with Crippen LogP contribution in [-0.4, -0.2) is 13.1 Å². The van der Waals surface area contributed by atoms with Gasteiger partial charge in [0.2, 0.25) is 0 Å². The summed E-state index contributed by atoms with van der Waals surface area (Å²) in [5.74, 6) is 1.47. The molecule has 1 N–H and O–H groups in total. The SMILES string of the molecule is C=C(C)C(CC1CCNC1)C1=C(C)C=CCC1. The molecule has 2 aliphatic rings. The normalized spacial score (nSPS) is 26.4. The van der Waals surface area contributed by atoms with E-state index in [1.165, 1.54) is 49.9 Å². The van der Waals surface area contributed by atoms with Gasteiger partial charge in [-0.1, -0.05) is 35.5 Å². The quantitative estimate of drug-likeness (QED) is 0.725. The van der Waals surface area contributed by atoms with Gasteiger partial charge in [0.25, 0.3) is 0 Å². The van der Waals surface area contributed by atoms with Crippen molar-refractivity contribution < 1.29 is 0 Å². The molecular formula is C16H25N. The van der Waals surface area contributed by atoms with Gasteiger partial charge >= 0.3 is 0 Å². The van der Waals surface area contributed by atoms with Crippen LogP contribution in [0.1, 0.15) is 39.5 Å². The van der Waals surface area contributed by atoms with Crippen LogP contribution >= 0.6 is 0 Å². The lowest BCUT2D eigenvalue weighted by atomic mass is 9.79. The fourth-order valence-electron chi connectivity index (χ4n) is 3.14. The van der Waals surface area contributed by atoms with E-state index >= 15 is 0 Å². The van der Waals surface area contributed by atoms with Crippen LogP contribution in [0.4, 0.5) is 0 Å². The van der Waals surface area contributed by atoms with E-state index in [4.69, 9.17) is 0 Å². The maximum Gasteiger partial charge on any atom is 0.00104 e. The van der Waals surface area contributed by atoms with Gasteiger partial charge in [-0.15, -0.1) is 0 Å². The van der Waals surface area contributed by atoms with Crippen LogP contribution in [0.2, 0.25) is 0 Å². The van der Waals surface area contributed by atoms with Crippen LogP contribution in [-0.2, 0) is 0 Å². The minimum Gasteiger partial charge on any atom is -0.316 e. The number of hydrogen-bond acceptors (Lipinski definition) is 1. The molecule has 0 aromatic heterocycles. The molecule has 0 saturated carbocycles. The van der Waals surface area contributed by atoms with Crippen molar-refractivity contribution in [1.82, 2.24) is 5.32 Å². The lowest BCUT2D eigenvalue weighted by Crippen LogP contribution is -2.16. The summed E-state index contributed by atoms with van der Waals surface area (Å²) in [5.41, 5.74) is 4.48. The third kappa shape index (κ3) is 3.10. The fourth-order valence-corrected chi connectivity index (χ4v) is 3.14. The molecule has 0 aromatic carbocycles. The Bertz CT molecular complexity index is 343. The smallest absolute Gasteiger partial charge is 0.00104 e. The number of rotatable bonds is 4. The summed E-state index contributed by atoms with van der Waals surface area (Å²) in [6, 6.07) is 0. The highest BCUT2D eigenvalue weighted by Crippen LogP contribution is 2.35. The Kier molecular flexibility index (Phi) is 4.22. The second-order valence-corrected chi connectivity index (χ2v) is 5.64. The first-order valence-corrected chi connectivity index (χ1v) is 6.90. The zero-order valence-corrected chi connectivity index (χ0v) is 11.3. The molecule has 94 valence electrons. The van der Waals surface area contributed by atoms with Gasteiger partial charge in [0.15, 0.2) is 0 Å². The van der Waals surface area contributed by atoms with Crippen molar-refractivity contribution in [2.75, 3.05) is 13.1 Å². The Morgan fingerprint density at radius 1 is 1.59 bits per heavy atom. The fraction of sp³-hybridized carbons (Fsp3) is 0.625. The Balaban J connectivity index is 2.11. The van der Waals surface area contributed by atoms with Crippen molar-refractivity contribution >= 4 is 0 Å². The third-order valence-electron chi connectivity index (χ3n) is 4.20. The van der Waals surface area contributed by atoms with Gasteiger partial charge in [-0.3, -0.25) is 0 Å². The molecule has 17 heavy (non-hydrogen) atoms. The number of nitrogens with one attached hydrogen (secondary N) is 1. The average molecular weight is 231 g/mol. The van der Waals surface area contributed by atoms with Gasteiger partial charge in [-0.05, 0) is 58.5 Å². The van der Waals surface area contributed by atoms with Gasteiger partial charge in [0.05, 0.1) is 0 Å². The first-order valence-electron chi connectivity index (χ1n) is 6.90. The standard InChI is InChI=1S/C16H25N/c1-12(2)16(10-14-8-9-17-11-14)15-7-5-4-6-13(15)3/h4,6,14,16-17H,1,5,7-11H2,2-3H3. The van der Waals surface area contributed by atoms with Crippen LogP contribution in [0, 0.1) is 11.8 Å². The highest BCUT2D eigenvalue weighted by atomic mass is 14.9. The molecule has 1 aliphatic heterocycles. The highest BCUT2D eigenvalue weighted by Gasteiger charge is 2.24. The number of allylic oxidation sites excluding steroid dienone is 5. The van der Waals surface area contributed by atoms with Crippen molar-refractivity contribution in [3.63, 3.8) is 0 Å². The molecular weight excluding hydrogens is 206 g/mol.